The van der Waals surface area contributed by atoms with E-state index in [1.54, 1.807) is 55.6 Å². The summed E-state index contributed by atoms with van der Waals surface area (Å²) in [4.78, 5) is 42.5. The SMILES string of the molecule is COc1ccc(C(=O)Nc2ccc(C3OC(=O)N(Cc4cccc(C)c4)C3C(=O)NCCN(C)C)cc2)cc1. The molecule has 3 aromatic carbocycles. The first-order chi connectivity index (χ1) is 18.7. The Hall–Kier alpha value is -4.37. The Morgan fingerprint density at radius 2 is 1.74 bits per heavy atom. The average molecular weight is 531 g/mol. The molecule has 0 spiro atoms. The number of anilines is 1. The lowest BCUT2D eigenvalue weighted by atomic mass is 10.00. The number of cyclic esters (lactones) is 1. The van der Waals surface area contributed by atoms with Crippen LogP contribution in [0.15, 0.2) is 72.8 Å². The van der Waals surface area contributed by atoms with Crippen molar-refractivity contribution in [2.45, 2.75) is 25.6 Å². The van der Waals surface area contributed by atoms with E-state index in [2.05, 4.69) is 10.6 Å². The number of hydrogen-bond donors (Lipinski definition) is 2. The summed E-state index contributed by atoms with van der Waals surface area (Å²) in [6, 6.07) is 20.8. The number of aryl methyl sites for hydroxylation is 1. The molecule has 1 aliphatic rings. The minimum atomic E-state index is -0.847. The van der Waals surface area contributed by atoms with E-state index in [0.717, 1.165) is 11.1 Å². The van der Waals surface area contributed by atoms with Crippen molar-refractivity contribution in [1.29, 1.82) is 0 Å². The Labute approximate surface area is 228 Å². The second-order valence-corrected chi connectivity index (χ2v) is 9.77. The lowest BCUT2D eigenvalue weighted by Gasteiger charge is -2.24. The lowest BCUT2D eigenvalue weighted by molar-refractivity contribution is -0.126. The zero-order valence-corrected chi connectivity index (χ0v) is 22.6. The largest absolute Gasteiger partial charge is 0.497 e. The van der Waals surface area contributed by atoms with Crippen LogP contribution in [0.3, 0.4) is 0 Å². The van der Waals surface area contributed by atoms with Crippen LogP contribution in [-0.2, 0) is 16.1 Å². The fourth-order valence-electron chi connectivity index (χ4n) is 4.43. The van der Waals surface area contributed by atoms with Crippen LogP contribution in [0.4, 0.5) is 10.5 Å². The van der Waals surface area contributed by atoms with Gasteiger partial charge in [0.15, 0.2) is 12.1 Å². The van der Waals surface area contributed by atoms with E-state index in [4.69, 9.17) is 9.47 Å². The molecule has 2 atom stereocenters. The van der Waals surface area contributed by atoms with Crippen LogP contribution in [0.2, 0.25) is 0 Å². The zero-order valence-electron chi connectivity index (χ0n) is 22.6. The van der Waals surface area contributed by atoms with Crippen molar-refractivity contribution in [3.05, 3.63) is 95.1 Å². The lowest BCUT2D eigenvalue weighted by Crippen LogP contribution is -2.47. The standard InChI is InChI=1S/C30H34N4O5/c1-20-6-5-7-21(18-20)19-34-26(29(36)31-16-17-33(2)3)27(39-30(34)37)22-8-12-24(13-9-22)32-28(35)23-10-14-25(38-4)15-11-23/h5-15,18,26-27H,16-17,19H2,1-4H3,(H,31,36)(H,32,35). The topological polar surface area (TPSA) is 100 Å². The Morgan fingerprint density at radius 1 is 1.03 bits per heavy atom. The Balaban J connectivity index is 1.52. The van der Waals surface area contributed by atoms with E-state index in [0.29, 0.717) is 35.7 Å². The number of hydrogen-bond acceptors (Lipinski definition) is 6. The summed E-state index contributed by atoms with van der Waals surface area (Å²) in [5.41, 5.74) is 3.70. The van der Waals surface area contributed by atoms with E-state index in [9.17, 15) is 14.4 Å². The maximum atomic E-state index is 13.4. The van der Waals surface area contributed by atoms with Crippen molar-refractivity contribution >= 4 is 23.6 Å². The molecule has 4 rings (SSSR count). The van der Waals surface area contributed by atoms with E-state index in [1.165, 1.54) is 4.90 Å². The summed E-state index contributed by atoms with van der Waals surface area (Å²) < 4.78 is 10.9. The second kappa shape index (κ2) is 12.4. The Morgan fingerprint density at radius 3 is 2.38 bits per heavy atom. The van der Waals surface area contributed by atoms with Crippen molar-refractivity contribution < 1.29 is 23.9 Å². The molecule has 2 N–H and O–H groups in total. The summed E-state index contributed by atoms with van der Waals surface area (Å²) in [7, 11) is 5.42. The molecular weight excluding hydrogens is 496 g/mol. The molecule has 39 heavy (non-hydrogen) atoms. The van der Waals surface area contributed by atoms with Gasteiger partial charge in [-0.05, 0) is 68.5 Å². The fourth-order valence-corrected chi connectivity index (χ4v) is 4.43. The molecule has 1 heterocycles. The van der Waals surface area contributed by atoms with Crippen LogP contribution in [-0.4, -0.2) is 68.0 Å². The van der Waals surface area contributed by atoms with Crippen molar-refractivity contribution in [2.75, 3.05) is 39.6 Å². The summed E-state index contributed by atoms with van der Waals surface area (Å²) in [6.07, 6.45) is -1.35. The number of ether oxygens (including phenoxy) is 2. The summed E-state index contributed by atoms with van der Waals surface area (Å²) in [6.45, 7) is 3.34. The molecule has 1 saturated heterocycles. The van der Waals surface area contributed by atoms with Crippen molar-refractivity contribution in [1.82, 2.24) is 15.1 Å². The predicted molar refractivity (Wildman–Crippen MR) is 149 cm³/mol. The van der Waals surface area contributed by atoms with Crippen LogP contribution in [0, 0.1) is 6.92 Å². The second-order valence-electron chi connectivity index (χ2n) is 9.77. The predicted octanol–water partition coefficient (Wildman–Crippen LogP) is 4.00. The molecule has 204 valence electrons. The molecule has 2 unspecified atom stereocenters. The van der Waals surface area contributed by atoms with Gasteiger partial charge < -0.3 is 25.0 Å². The van der Waals surface area contributed by atoms with Gasteiger partial charge in [-0.1, -0.05) is 42.0 Å². The minimum absolute atomic E-state index is 0.249. The van der Waals surface area contributed by atoms with E-state index in [1.807, 2.05) is 50.2 Å². The zero-order chi connectivity index (χ0) is 27.9. The van der Waals surface area contributed by atoms with Crippen molar-refractivity contribution in [3.63, 3.8) is 0 Å². The Bertz CT molecular complexity index is 1310. The van der Waals surface area contributed by atoms with Gasteiger partial charge in [0.2, 0.25) is 5.91 Å². The number of nitrogens with zero attached hydrogens (tertiary/aromatic N) is 2. The molecular formula is C30H34N4O5. The summed E-state index contributed by atoms with van der Waals surface area (Å²) in [5.74, 6) is 0.121. The molecule has 0 radical (unpaired) electrons. The normalized spacial score (nSPS) is 16.6. The molecule has 0 aromatic heterocycles. The molecule has 9 nitrogen and oxygen atoms in total. The van der Waals surface area contributed by atoms with E-state index < -0.39 is 18.2 Å². The monoisotopic (exact) mass is 530 g/mol. The van der Waals surface area contributed by atoms with E-state index in [-0.39, 0.29) is 18.4 Å². The third-order valence-electron chi connectivity index (χ3n) is 6.50. The highest BCUT2D eigenvalue weighted by Crippen LogP contribution is 2.34. The number of methoxy groups -OCH3 is 1. The third-order valence-corrected chi connectivity index (χ3v) is 6.50. The molecule has 9 heteroatoms. The van der Waals surface area contributed by atoms with Crippen LogP contribution >= 0.6 is 0 Å². The number of likely N-dealkylation sites (N-methyl/N-ethyl adjacent to an activating group) is 1. The smallest absolute Gasteiger partial charge is 0.411 e. The first-order valence-electron chi connectivity index (χ1n) is 12.8. The molecule has 0 bridgehead atoms. The van der Waals surface area contributed by atoms with Gasteiger partial charge in [-0.2, -0.15) is 0 Å². The first kappa shape index (κ1) is 27.7. The van der Waals surface area contributed by atoms with Gasteiger partial charge in [-0.15, -0.1) is 0 Å². The first-order valence-corrected chi connectivity index (χ1v) is 12.8. The minimum Gasteiger partial charge on any atom is -0.497 e. The molecule has 0 aliphatic carbocycles. The maximum absolute atomic E-state index is 13.4. The van der Waals surface area contributed by atoms with Gasteiger partial charge in [-0.3, -0.25) is 14.5 Å². The summed E-state index contributed by atoms with van der Waals surface area (Å²) >= 11 is 0. The Kier molecular flexibility index (Phi) is 8.83. The quantitative estimate of drug-likeness (QED) is 0.411. The maximum Gasteiger partial charge on any atom is 0.411 e. The van der Waals surface area contributed by atoms with Gasteiger partial charge >= 0.3 is 6.09 Å². The van der Waals surface area contributed by atoms with Crippen LogP contribution in [0.25, 0.3) is 0 Å². The van der Waals surface area contributed by atoms with Crippen LogP contribution < -0.4 is 15.4 Å². The third kappa shape index (κ3) is 6.94. The van der Waals surface area contributed by atoms with Crippen LogP contribution in [0.1, 0.15) is 33.2 Å². The van der Waals surface area contributed by atoms with Gasteiger partial charge in [0.1, 0.15) is 5.75 Å². The van der Waals surface area contributed by atoms with Crippen molar-refractivity contribution in [2.24, 2.45) is 0 Å². The van der Waals surface area contributed by atoms with Crippen molar-refractivity contribution in [3.8, 4) is 5.75 Å². The summed E-state index contributed by atoms with van der Waals surface area (Å²) in [5, 5.41) is 5.81. The van der Waals surface area contributed by atoms with Crippen LogP contribution in [0.5, 0.6) is 5.75 Å². The average Bonchev–Trinajstić information content (AvgIpc) is 3.24. The molecule has 1 fully saturated rings. The molecule has 0 saturated carbocycles. The van der Waals surface area contributed by atoms with Gasteiger partial charge in [0.05, 0.1) is 13.7 Å². The highest BCUT2D eigenvalue weighted by Gasteiger charge is 2.46. The van der Waals surface area contributed by atoms with Gasteiger partial charge in [0.25, 0.3) is 5.91 Å². The van der Waals surface area contributed by atoms with Gasteiger partial charge in [-0.25, -0.2) is 4.79 Å². The number of nitrogens with one attached hydrogen (secondary N) is 2. The number of carbonyl (C=O) groups is 3. The number of amides is 3. The highest BCUT2D eigenvalue weighted by atomic mass is 16.6. The number of carbonyl (C=O) groups excluding carboxylic acids is 3. The highest BCUT2D eigenvalue weighted by molar-refractivity contribution is 6.04. The number of benzene rings is 3. The fraction of sp³-hybridized carbons (Fsp3) is 0.300. The molecule has 1 aliphatic heterocycles. The molecule has 3 aromatic rings. The van der Waals surface area contributed by atoms with E-state index >= 15 is 0 Å². The number of rotatable bonds is 10. The molecule has 3 amide bonds. The van der Waals surface area contributed by atoms with Gasteiger partial charge in [0, 0.05) is 24.3 Å².